The summed E-state index contributed by atoms with van der Waals surface area (Å²) in [5.41, 5.74) is 6.02. The molecule has 0 saturated heterocycles. The summed E-state index contributed by atoms with van der Waals surface area (Å²) in [6, 6.07) is 8.92. The topological polar surface area (TPSA) is 35.5 Å². The van der Waals surface area contributed by atoms with Gasteiger partial charge in [-0.25, -0.2) is 0 Å². The molecule has 42 heavy (non-hydrogen) atoms. The van der Waals surface area contributed by atoms with Crippen LogP contribution in [0.4, 0.5) is 0 Å². The SMILES string of the molecule is CCC[CH2][Ti](=[O])([CH2]CCC)([O]c1c(C(C)(C)C)cc(C)cc1C(C)(C)C)[O]c1c(C(C)(C)C)cc(C)cc1C(C)(C)C. The predicted octanol–water partition coefficient (Wildman–Crippen LogP) is 12.3. The first-order valence-corrected chi connectivity index (χ1v) is 20.6. The van der Waals surface area contributed by atoms with E-state index in [0.717, 1.165) is 59.4 Å². The average Bonchev–Trinajstić information content (AvgIpc) is 2.81. The third-order valence-electron chi connectivity index (χ3n) is 8.38. The Labute approximate surface area is 261 Å². The van der Waals surface area contributed by atoms with Crippen LogP contribution in [0.1, 0.15) is 156 Å². The third-order valence-corrected chi connectivity index (χ3v) is 14.6. The molecule has 0 radical (unpaired) electrons. The molecule has 0 N–H and O–H groups in total. The fraction of sp³-hybridized carbons (Fsp3) is 0.684. The Bertz CT molecular complexity index is 1130. The Kier molecular flexibility index (Phi) is 10.9. The molecule has 0 heterocycles. The molecule has 2 aromatic rings. The van der Waals surface area contributed by atoms with E-state index in [1.165, 1.54) is 11.1 Å². The molecule has 0 unspecified atom stereocenters. The molecule has 0 aliphatic carbocycles. The number of rotatable bonds is 10. The van der Waals surface area contributed by atoms with Gasteiger partial charge >= 0.3 is 263 Å². The van der Waals surface area contributed by atoms with E-state index in [9.17, 15) is 0 Å². The van der Waals surface area contributed by atoms with Crippen molar-refractivity contribution in [2.24, 2.45) is 0 Å². The van der Waals surface area contributed by atoms with E-state index in [0.29, 0.717) is 9.45 Å². The van der Waals surface area contributed by atoms with Crippen molar-refractivity contribution in [3.8, 4) is 11.5 Å². The predicted molar refractivity (Wildman–Crippen MR) is 179 cm³/mol. The van der Waals surface area contributed by atoms with E-state index in [2.05, 4.69) is 135 Å². The Morgan fingerprint density at radius 3 is 0.952 bits per heavy atom. The van der Waals surface area contributed by atoms with Gasteiger partial charge in [0.1, 0.15) is 0 Å². The van der Waals surface area contributed by atoms with Gasteiger partial charge in [0.25, 0.3) is 0 Å². The molecule has 2 rings (SSSR count). The van der Waals surface area contributed by atoms with Crippen LogP contribution in [0.5, 0.6) is 11.5 Å². The first kappa shape index (κ1) is 36.7. The third kappa shape index (κ3) is 8.81. The second-order valence-electron chi connectivity index (χ2n) is 17.2. The Morgan fingerprint density at radius 2 is 0.762 bits per heavy atom. The zero-order chi connectivity index (χ0) is 32.6. The van der Waals surface area contributed by atoms with Crippen molar-refractivity contribution in [3.05, 3.63) is 57.6 Å². The molecule has 0 aliphatic heterocycles. The van der Waals surface area contributed by atoms with Gasteiger partial charge in [-0.05, 0) is 0 Å². The summed E-state index contributed by atoms with van der Waals surface area (Å²) in [7, 11) is 0. The molecule has 3 nitrogen and oxygen atoms in total. The van der Waals surface area contributed by atoms with Gasteiger partial charge in [0, 0.05) is 0 Å². The summed E-state index contributed by atoms with van der Waals surface area (Å²) < 4.78 is 32.0. The molecule has 0 spiro atoms. The average molecular weight is 617 g/mol. The van der Waals surface area contributed by atoms with Crippen LogP contribution in [0.3, 0.4) is 0 Å². The molecule has 4 heteroatoms. The summed E-state index contributed by atoms with van der Waals surface area (Å²) in [6.07, 6.45) is 3.46. The van der Waals surface area contributed by atoms with Gasteiger partial charge in [0.15, 0.2) is 0 Å². The fourth-order valence-corrected chi connectivity index (χ4v) is 12.3. The first-order chi connectivity index (χ1) is 18.9. The van der Waals surface area contributed by atoms with Crippen LogP contribution >= 0.6 is 0 Å². The molecule has 0 aliphatic rings. The van der Waals surface area contributed by atoms with Crippen molar-refractivity contribution in [2.45, 2.75) is 168 Å². The summed E-state index contributed by atoms with van der Waals surface area (Å²) in [4.78, 5) is 0. The van der Waals surface area contributed by atoms with Crippen LogP contribution in [0.15, 0.2) is 24.3 Å². The Morgan fingerprint density at radius 1 is 0.524 bits per heavy atom. The molecule has 0 aromatic heterocycles. The van der Waals surface area contributed by atoms with Crippen molar-refractivity contribution in [3.63, 3.8) is 0 Å². The van der Waals surface area contributed by atoms with Gasteiger partial charge in [-0.1, -0.05) is 0 Å². The zero-order valence-electron chi connectivity index (χ0n) is 30.3. The monoisotopic (exact) mass is 616 g/mol. The summed E-state index contributed by atoms with van der Waals surface area (Å²) in [5, 5.41) is 0. The number of aryl methyl sites for hydroxylation is 2. The Balaban J connectivity index is 3.12. The number of hydrogen-bond donors (Lipinski definition) is 0. The van der Waals surface area contributed by atoms with Crippen LogP contribution in [-0.4, -0.2) is 0 Å². The maximum absolute atomic E-state index is 16.4. The normalized spacial score (nSPS) is 13.8. The Hall–Kier alpha value is -1.45. The maximum atomic E-state index is 16.4. The van der Waals surface area contributed by atoms with Gasteiger partial charge in [-0.2, -0.15) is 0 Å². The van der Waals surface area contributed by atoms with E-state index in [4.69, 9.17) is 6.64 Å². The van der Waals surface area contributed by atoms with Gasteiger partial charge in [-0.3, -0.25) is 0 Å². The van der Waals surface area contributed by atoms with Gasteiger partial charge in [-0.15, -0.1) is 0 Å². The molecule has 0 fully saturated rings. The second-order valence-corrected chi connectivity index (χ2v) is 23.6. The number of hydrogen-bond acceptors (Lipinski definition) is 3. The van der Waals surface area contributed by atoms with E-state index in [1.54, 1.807) is 0 Å². The van der Waals surface area contributed by atoms with Crippen molar-refractivity contribution >= 4 is 0 Å². The molecule has 0 bridgehead atoms. The van der Waals surface area contributed by atoms with Crippen LogP contribution in [-0.2, 0) is 41.0 Å². The minimum absolute atomic E-state index is 0.196. The van der Waals surface area contributed by atoms with E-state index >= 15 is 3.32 Å². The van der Waals surface area contributed by atoms with Crippen LogP contribution in [0, 0.1) is 13.8 Å². The van der Waals surface area contributed by atoms with Crippen LogP contribution < -0.4 is 6.64 Å². The molecular weight excluding hydrogens is 552 g/mol. The number of benzene rings is 2. The quantitative estimate of drug-likeness (QED) is 0.249. The minimum atomic E-state index is -5.52. The molecule has 238 valence electrons. The van der Waals surface area contributed by atoms with Gasteiger partial charge in [0.05, 0.1) is 0 Å². The molecule has 0 atom stereocenters. The molecule has 2 aromatic carbocycles. The first-order valence-electron chi connectivity index (χ1n) is 16.5. The summed E-state index contributed by atoms with van der Waals surface area (Å²) in [5.74, 6) is 1.56. The van der Waals surface area contributed by atoms with E-state index < -0.39 is 16.1 Å². The molecule has 0 amide bonds. The van der Waals surface area contributed by atoms with Crippen molar-refractivity contribution in [2.75, 3.05) is 0 Å². The summed E-state index contributed by atoms with van der Waals surface area (Å²) >= 11 is -5.52. The van der Waals surface area contributed by atoms with Crippen molar-refractivity contribution in [1.29, 1.82) is 0 Å². The molecule has 0 saturated carbocycles. The van der Waals surface area contributed by atoms with E-state index in [-0.39, 0.29) is 21.7 Å². The second kappa shape index (κ2) is 12.5. The van der Waals surface area contributed by atoms with Crippen molar-refractivity contribution in [1.82, 2.24) is 0 Å². The standard InChI is InChI=1S/2C15H24O.2C4H9.O.Ti/c2*1-10-8-11(14(2,3)4)13(16)12(9-10)15(5,6)7;2*1-3-4-2;;/h2*8-9,16H,1-7H3;2*1,3-4H2,2H3;;/q;;;;;+2/p-2. The fourth-order valence-electron chi connectivity index (χ4n) is 5.84. The van der Waals surface area contributed by atoms with Gasteiger partial charge in [0.2, 0.25) is 0 Å². The van der Waals surface area contributed by atoms with E-state index in [1.807, 2.05) is 0 Å². The van der Waals surface area contributed by atoms with Crippen LogP contribution in [0.2, 0.25) is 9.45 Å². The number of unbranched alkanes of at least 4 members (excludes halogenated alkanes) is 2. The van der Waals surface area contributed by atoms with Gasteiger partial charge < -0.3 is 0 Å². The molecular formula is C38H64O3Ti. The zero-order valence-corrected chi connectivity index (χ0v) is 31.8. The van der Waals surface area contributed by atoms with Crippen molar-refractivity contribution < 1.29 is 26.0 Å². The summed E-state index contributed by atoms with van der Waals surface area (Å²) in [6.45, 7) is 35.3. The van der Waals surface area contributed by atoms with Crippen LogP contribution in [0.25, 0.3) is 0 Å².